The minimum absolute atomic E-state index is 1.23. The zero-order valence-electron chi connectivity index (χ0n) is 10.1. The molecular formula is C14H25I. The molecule has 0 aliphatic heterocycles. The maximum atomic E-state index is 2.45. The van der Waals surface area contributed by atoms with Gasteiger partial charge in [0.05, 0.1) is 0 Å². The molecule has 0 rings (SSSR count). The third-order valence-corrected chi connectivity index (χ3v) is 3.12. The molecule has 88 valence electrons. The smallest absolute Gasteiger partial charge is 0.000473 e. The predicted octanol–water partition coefficient (Wildman–Crippen LogP) is 5.67. The summed E-state index contributed by atoms with van der Waals surface area (Å²) in [5, 5.41) is 0. The molecule has 0 atom stereocenters. The van der Waals surface area contributed by atoms with Crippen LogP contribution in [0.2, 0.25) is 0 Å². The maximum Gasteiger partial charge on any atom is -0.000473 e. The van der Waals surface area contributed by atoms with Crippen LogP contribution in [-0.2, 0) is 0 Å². The molecule has 0 spiro atoms. The molecule has 0 aromatic rings. The molecule has 0 aliphatic carbocycles. The Morgan fingerprint density at radius 1 is 0.800 bits per heavy atom. The van der Waals surface area contributed by atoms with E-state index >= 15 is 0 Å². The highest BCUT2D eigenvalue weighted by Crippen LogP contribution is 2.05. The van der Waals surface area contributed by atoms with E-state index in [4.69, 9.17) is 0 Å². The van der Waals surface area contributed by atoms with Gasteiger partial charge in [0.2, 0.25) is 0 Å². The van der Waals surface area contributed by atoms with Crippen LogP contribution >= 0.6 is 22.6 Å². The van der Waals surface area contributed by atoms with E-state index in [1.54, 1.807) is 0 Å². The highest BCUT2D eigenvalue weighted by atomic mass is 127. The van der Waals surface area contributed by atoms with Crippen molar-refractivity contribution in [3.8, 4) is 0 Å². The molecule has 0 radical (unpaired) electrons. The second kappa shape index (κ2) is 14.2. The van der Waals surface area contributed by atoms with E-state index in [9.17, 15) is 0 Å². The van der Waals surface area contributed by atoms with E-state index in [0.29, 0.717) is 0 Å². The van der Waals surface area contributed by atoms with E-state index in [1.807, 2.05) is 0 Å². The van der Waals surface area contributed by atoms with Crippen molar-refractivity contribution < 1.29 is 0 Å². The first kappa shape index (κ1) is 15.2. The summed E-state index contributed by atoms with van der Waals surface area (Å²) in [7, 11) is 0. The summed E-state index contributed by atoms with van der Waals surface area (Å²) in [6.45, 7) is 2.24. The van der Waals surface area contributed by atoms with Crippen LogP contribution in [0.5, 0.6) is 0 Å². The Morgan fingerprint density at radius 2 is 1.40 bits per heavy atom. The van der Waals surface area contributed by atoms with Crippen molar-refractivity contribution in [1.29, 1.82) is 0 Å². The third-order valence-electron chi connectivity index (χ3n) is 2.36. The Balaban J connectivity index is 3.13. The van der Waals surface area contributed by atoms with Gasteiger partial charge in [-0.3, -0.25) is 0 Å². The first-order valence-electron chi connectivity index (χ1n) is 6.29. The summed E-state index contributed by atoms with van der Waals surface area (Å²) in [6, 6.07) is 0. The second-order valence-corrected chi connectivity index (χ2v) is 4.97. The maximum absolute atomic E-state index is 2.45. The van der Waals surface area contributed by atoms with Crippen molar-refractivity contribution in [3.63, 3.8) is 0 Å². The molecular weight excluding hydrogens is 295 g/mol. The summed E-state index contributed by atoms with van der Waals surface area (Å²) >= 11 is 2.45. The molecule has 0 nitrogen and oxygen atoms in total. The average Bonchev–Trinajstić information content (AvgIpc) is 2.26. The van der Waals surface area contributed by atoms with Crippen molar-refractivity contribution in [2.24, 2.45) is 0 Å². The van der Waals surface area contributed by atoms with Crippen LogP contribution in [0, 0.1) is 0 Å². The molecule has 0 bridgehead atoms. The van der Waals surface area contributed by atoms with E-state index in [-0.39, 0.29) is 0 Å². The minimum atomic E-state index is 1.23. The van der Waals surface area contributed by atoms with Crippen LogP contribution in [0.3, 0.4) is 0 Å². The number of halogens is 1. The standard InChI is InChI=1S/C14H25I/c1-2-3-4-5-6-7-8-9-10-11-12-13-14-15/h5-8H,2-4,9-14H2,1H3. The van der Waals surface area contributed by atoms with Crippen LogP contribution in [-0.4, -0.2) is 4.43 Å². The molecule has 0 aromatic heterocycles. The number of alkyl halides is 1. The third kappa shape index (κ3) is 14.2. The Kier molecular flexibility index (Phi) is 14.4. The summed E-state index contributed by atoms with van der Waals surface area (Å²) < 4.78 is 1.31. The predicted molar refractivity (Wildman–Crippen MR) is 79.8 cm³/mol. The van der Waals surface area contributed by atoms with Crippen molar-refractivity contribution in [1.82, 2.24) is 0 Å². The van der Waals surface area contributed by atoms with Crippen LogP contribution in [0.15, 0.2) is 24.3 Å². The lowest BCUT2D eigenvalue weighted by Gasteiger charge is -1.94. The van der Waals surface area contributed by atoms with E-state index in [2.05, 4.69) is 53.8 Å². The van der Waals surface area contributed by atoms with E-state index in [0.717, 1.165) is 0 Å². The lowest BCUT2D eigenvalue weighted by Crippen LogP contribution is -1.77. The van der Waals surface area contributed by atoms with Gasteiger partial charge < -0.3 is 0 Å². The van der Waals surface area contributed by atoms with E-state index in [1.165, 1.54) is 55.8 Å². The fraction of sp³-hybridized carbons (Fsp3) is 0.714. The van der Waals surface area contributed by atoms with Gasteiger partial charge in [-0.25, -0.2) is 0 Å². The molecule has 0 N–H and O–H groups in total. The van der Waals surface area contributed by atoms with Crippen LogP contribution in [0.4, 0.5) is 0 Å². The number of hydrogen-bond acceptors (Lipinski definition) is 0. The highest BCUT2D eigenvalue weighted by Gasteiger charge is 1.86. The lowest BCUT2D eigenvalue weighted by atomic mass is 10.1. The summed E-state index contributed by atoms with van der Waals surface area (Å²) in [4.78, 5) is 0. The summed E-state index contributed by atoms with van der Waals surface area (Å²) in [5.41, 5.74) is 0. The minimum Gasteiger partial charge on any atom is -0.0864 e. The van der Waals surface area contributed by atoms with Gasteiger partial charge in [-0.05, 0) is 30.1 Å². The number of allylic oxidation sites excluding steroid dienone is 4. The van der Waals surface area contributed by atoms with Crippen molar-refractivity contribution in [2.45, 2.75) is 58.3 Å². The zero-order valence-corrected chi connectivity index (χ0v) is 12.2. The first-order chi connectivity index (χ1) is 7.41. The normalized spacial score (nSPS) is 11.9. The molecule has 0 amide bonds. The molecule has 0 aliphatic rings. The summed E-state index contributed by atoms with van der Waals surface area (Å²) in [5.74, 6) is 0. The monoisotopic (exact) mass is 320 g/mol. The fourth-order valence-corrected chi connectivity index (χ4v) is 1.92. The van der Waals surface area contributed by atoms with Gasteiger partial charge in [-0.2, -0.15) is 0 Å². The van der Waals surface area contributed by atoms with Gasteiger partial charge in [-0.15, -0.1) is 0 Å². The molecule has 15 heavy (non-hydrogen) atoms. The Labute approximate surface area is 109 Å². The lowest BCUT2D eigenvalue weighted by molar-refractivity contribution is 0.681. The molecule has 1 heteroatoms. The van der Waals surface area contributed by atoms with Crippen LogP contribution in [0.1, 0.15) is 58.3 Å². The van der Waals surface area contributed by atoms with Gasteiger partial charge in [-0.1, -0.05) is 79.5 Å². The van der Waals surface area contributed by atoms with Crippen molar-refractivity contribution in [3.05, 3.63) is 24.3 Å². The quantitative estimate of drug-likeness (QED) is 0.210. The molecule has 0 unspecified atom stereocenters. The number of unbranched alkanes of at least 4 members (excludes halogenated alkanes) is 6. The average molecular weight is 320 g/mol. The number of hydrogen-bond donors (Lipinski definition) is 0. The topological polar surface area (TPSA) is 0 Å². The van der Waals surface area contributed by atoms with Gasteiger partial charge in [0.25, 0.3) is 0 Å². The molecule has 0 saturated heterocycles. The van der Waals surface area contributed by atoms with Gasteiger partial charge in [0.15, 0.2) is 0 Å². The second-order valence-electron chi connectivity index (χ2n) is 3.89. The van der Waals surface area contributed by atoms with Crippen LogP contribution < -0.4 is 0 Å². The molecule has 0 aromatic carbocycles. The molecule has 0 fully saturated rings. The van der Waals surface area contributed by atoms with Crippen molar-refractivity contribution >= 4 is 22.6 Å². The Morgan fingerprint density at radius 3 is 2.00 bits per heavy atom. The highest BCUT2D eigenvalue weighted by molar-refractivity contribution is 14.1. The molecule has 0 saturated carbocycles. The summed E-state index contributed by atoms with van der Waals surface area (Å²) in [6.07, 6.45) is 19.6. The van der Waals surface area contributed by atoms with Crippen LogP contribution in [0.25, 0.3) is 0 Å². The molecule has 0 heterocycles. The SMILES string of the molecule is CCCCC=CC=CCCCCCCI. The van der Waals surface area contributed by atoms with E-state index < -0.39 is 0 Å². The Bertz CT molecular complexity index is 159. The largest absolute Gasteiger partial charge is 0.0864 e. The van der Waals surface area contributed by atoms with Gasteiger partial charge in [0.1, 0.15) is 0 Å². The zero-order chi connectivity index (χ0) is 11.2. The van der Waals surface area contributed by atoms with Gasteiger partial charge >= 0.3 is 0 Å². The van der Waals surface area contributed by atoms with Crippen molar-refractivity contribution in [2.75, 3.05) is 4.43 Å². The number of rotatable bonds is 10. The Hall–Kier alpha value is 0.210. The first-order valence-corrected chi connectivity index (χ1v) is 7.82. The fourth-order valence-electron chi connectivity index (χ4n) is 1.38. The van der Waals surface area contributed by atoms with Gasteiger partial charge in [0, 0.05) is 0 Å².